The third kappa shape index (κ3) is 2.85. The quantitative estimate of drug-likeness (QED) is 0.770. The molecule has 3 rings (SSSR count). The molecule has 0 aromatic heterocycles. The molecule has 2 nitrogen and oxygen atoms in total. The number of hydrogen-bond donors (Lipinski definition) is 0. The van der Waals surface area contributed by atoms with E-state index in [9.17, 15) is 9.18 Å². The van der Waals surface area contributed by atoms with E-state index < -0.39 is 0 Å². The standard InChI is InChI=1S/C16H13BrFNOS/c1-10-8-13(6-7-14(10)17)19-15(20)9-21-16(19)11-2-4-12(18)5-3-11/h2-8,16H,9H2,1H3/t16-/m0/s1. The number of nitrogens with zero attached hydrogens (tertiary/aromatic N) is 1. The summed E-state index contributed by atoms with van der Waals surface area (Å²) in [4.78, 5) is 14.0. The molecule has 0 aliphatic carbocycles. The maximum Gasteiger partial charge on any atom is 0.238 e. The lowest BCUT2D eigenvalue weighted by atomic mass is 10.1. The topological polar surface area (TPSA) is 20.3 Å². The van der Waals surface area contributed by atoms with Gasteiger partial charge in [0.15, 0.2) is 0 Å². The Balaban J connectivity index is 1.99. The molecule has 1 amide bonds. The molecule has 0 radical (unpaired) electrons. The Bertz CT molecular complexity index is 689. The summed E-state index contributed by atoms with van der Waals surface area (Å²) in [7, 11) is 0. The summed E-state index contributed by atoms with van der Waals surface area (Å²) in [5.74, 6) is 0.257. The molecule has 0 spiro atoms. The van der Waals surface area contributed by atoms with E-state index in [4.69, 9.17) is 0 Å². The van der Waals surface area contributed by atoms with Crippen LogP contribution in [-0.4, -0.2) is 11.7 Å². The molecule has 108 valence electrons. The molecule has 0 N–H and O–H groups in total. The molecule has 1 aliphatic heterocycles. The summed E-state index contributed by atoms with van der Waals surface area (Å²) < 4.78 is 14.1. The van der Waals surface area contributed by atoms with Gasteiger partial charge < -0.3 is 0 Å². The fourth-order valence-electron chi connectivity index (χ4n) is 2.36. The van der Waals surface area contributed by atoms with Crippen LogP contribution in [0.1, 0.15) is 16.5 Å². The monoisotopic (exact) mass is 365 g/mol. The molecule has 2 aromatic rings. The zero-order valence-corrected chi connectivity index (χ0v) is 13.7. The van der Waals surface area contributed by atoms with E-state index in [0.717, 1.165) is 21.3 Å². The predicted molar refractivity (Wildman–Crippen MR) is 88.0 cm³/mol. The first kappa shape index (κ1) is 14.6. The lowest BCUT2D eigenvalue weighted by molar-refractivity contribution is -0.115. The Morgan fingerprint density at radius 1 is 1.24 bits per heavy atom. The second kappa shape index (κ2) is 5.81. The number of thioether (sulfide) groups is 1. The lowest BCUT2D eigenvalue weighted by Gasteiger charge is -2.25. The van der Waals surface area contributed by atoms with Gasteiger partial charge in [-0.05, 0) is 48.4 Å². The Hall–Kier alpha value is -1.33. The average molecular weight is 366 g/mol. The van der Waals surface area contributed by atoms with Crippen LogP contribution < -0.4 is 4.90 Å². The number of aryl methyl sites for hydroxylation is 1. The number of benzene rings is 2. The van der Waals surface area contributed by atoms with Crippen molar-refractivity contribution in [2.24, 2.45) is 0 Å². The largest absolute Gasteiger partial charge is 0.295 e. The van der Waals surface area contributed by atoms with Crippen molar-refractivity contribution in [3.63, 3.8) is 0 Å². The van der Waals surface area contributed by atoms with Gasteiger partial charge in [0.1, 0.15) is 11.2 Å². The summed E-state index contributed by atoms with van der Waals surface area (Å²) in [5.41, 5.74) is 2.89. The third-order valence-electron chi connectivity index (χ3n) is 3.44. The maximum absolute atomic E-state index is 13.1. The van der Waals surface area contributed by atoms with Gasteiger partial charge in [0, 0.05) is 10.2 Å². The molecule has 0 bridgehead atoms. The summed E-state index contributed by atoms with van der Waals surface area (Å²) in [6, 6.07) is 12.2. The minimum atomic E-state index is -0.265. The van der Waals surface area contributed by atoms with Crippen molar-refractivity contribution >= 4 is 39.3 Å². The fourth-order valence-corrected chi connectivity index (χ4v) is 3.78. The molecule has 0 unspecified atom stereocenters. The first-order valence-electron chi connectivity index (χ1n) is 6.51. The van der Waals surface area contributed by atoms with Gasteiger partial charge in [-0.25, -0.2) is 4.39 Å². The Morgan fingerprint density at radius 2 is 1.95 bits per heavy atom. The number of anilines is 1. The van der Waals surface area contributed by atoms with Crippen LogP contribution >= 0.6 is 27.7 Å². The summed E-state index contributed by atoms with van der Waals surface area (Å²) >= 11 is 5.04. The van der Waals surface area contributed by atoms with Gasteiger partial charge in [0.2, 0.25) is 5.91 Å². The normalized spacial score (nSPS) is 18.3. The van der Waals surface area contributed by atoms with Crippen LogP contribution in [0.15, 0.2) is 46.9 Å². The SMILES string of the molecule is Cc1cc(N2C(=O)CS[C@H]2c2ccc(F)cc2)ccc1Br. The van der Waals surface area contributed by atoms with Gasteiger partial charge in [-0.2, -0.15) is 0 Å². The van der Waals surface area contributed by atoms with Crippen molar-refractivity contribution in [3.05, 3.63) is 63.9 Å². The smallest absolute Gasteiger partial charge is 0.238 e. The fraction of sp³-hybridized carbons (Fsp3) is 0.188. The van der Waals surface area contributed by atoms with Crippen LogP contribution in [0.25, 0.3) is 0 Å². The molecule has 21 heavy (non-hydrogen) atoms. The van der Waals surface area contributed by atoms with E-state index in [1.165, 1.54) is 12.1 Å². The van der Waals surface area contributed by atoms with Gasteiger partial charge >= 0.3 is 0 Å². The Labute approximate surface area is 135 Å². The van der Waals surface area contributed by atoms with Crippen molar-refractivity contribution in [2.75, 3.05) is 10.7 Å². The Morgan fingerprint density at radius 3 is 2.62 bits per heavy atom. The highest BCUT2D eigenvalue weighted by atomic mass is 79.9. The van der Waals surface area contributed by atoms with Gasteiger partial charge in [-0.1, -0.05) is 28.1 Å². The zero-order chi connectivity index (χ0) is 15.0. The van der Waals surface area contributed by atoms with Crippen molar-refractivity contribution in [3.8, 4) is 0 Å². The number of rotatable bonds is 2. The molecule has 1 heterocycles. The van der Waals surface area contributed by atoms with Gasteiger partial charge in [0.05, 0.1) is 5.75 Å². The summed E-state index contributed by atoms with van der Waals surface area (Å²) in [5, 5.41) is -0.0984. The first-order chi connectivity index (χ1) is 10.1. The first-order valence-corrected chi connectivity index (χ1v) is 8.36. The van der Waals surface area contributed by atoms with Crippen molar-refractivity contribution in [1.29, 1.82) is 0 Å². The van der Waals surface area contributed by atoms with Crippen LogP contribution in [0.4, 0.5) is 10.1 Å². The summed E-state index contributed by atoms with van der Waals surface area (Å²) in [6.45, 7) is 1.99. The number of halogens is 2. The minimum Gasteiger partial charge on any atom is -0.295 e. The van der Waals surface area contributed by atoms with Crippen LogP contribution in [0.3, 0.4) is 0 Å². The highest BCUT2D eigenvalue weighted by Gasteiger charge is 2.34. The molecular formula is C16H13BrFNOS. The number of hydrogen-bond acceptors (Lipinski definition) is 2. The van der Waals surface area contributed by atoms with Crippen LogP contribution in [0, 0.1) is 12.7 Å². The van der Waals surface area contributed by atoms with E-state index in [-0.39, 0.29) is 17.1 Å². The highest BCUT2D eigenvalue weighted by molar-refractivity contribution is 9.10. The van der Waals surface area contributed by atoms with E-state index in [0.29, 0.717) is 5.75 Å². The molecule has 1 aliphatic rings. The zero-order valence-electron chi connectivity index (χ0n) is 11.3. The second-order valence-corrected chi connectivity index (χ2v) is 6.84. The summed E-state index contributed by atoms with van der Waals surface area (Å²) in [6.07, 6.45) is 0. The van der Waals surface area contributed by atoms with Gasteiger partial charge in [-0.3, -0.25) is 9.69 Å². The lowest BCUT2D eigenvalue weighted by Crippen LogP contribution is -2.27. The van der Waals surface area contributed by atoms with E-state index in [1.807, 2.05) is 25.1 Å². The third-order valence-corrected chi connectivity index (χ3v) is 5.54. The molecule has 1 atom stereocenters. The van der Waals surface area contributed by atoms with Crippen LogP contribution in [0.2, 0.25) is 0 Å². The molecular weight excluding hydrogens is 353 g/mol. The van der Waals surface area contributed by atoms with Gasteiger partial charge in [-0.15, -0.1) is 11.8 Å². The average Bonchev–Trinajstić information content (AvgIpc) is 2.85. The van der Waals surface area contributed by atoms with Gasteiger partial charge in [0.25, 0.3) is 0 Å². The maximum atomic E-state index is 13.1. The molecule has 5 heteroatoms. The Kier molecular flexibility index (Phi) is 4.04. The van der Waals surface area contributed by atoms with E-state index in [2.05, 4.69) is 15.9 Å². The molecule has 0 saturated carbocycles. The van der Waals surface area contributed by atoms with Crippen molar-refractivity contribution in [1.82, 2.24) is 0 Å². The second-order valence-electron chi connectivity index (χ2n) is 4.91. The van der Waals surface area contributed by atoms with E-state index >= 15 is 0 Å². The van der Waals surface area contributed by atoms with Crippen molar-refractivity contribution in [2.45, 2.75) is 12.3 Å². The molecule has 1 fully saturated rings. The number of carbonyl (C=O) groups is 1. The highest BCUT2D eigenvalue weighted by Crippen LogP contribution is 2.42. The number of amides is 1. The van der Waals surface area contributed by atoms with E-state index in [1.54, 1.807) is 28.8 Å². The molecule has 1 saturated heterocycles. The molecule has 2 aromatic carbocycles. The predicted octanol–water partition coefficient (Wildman–Crippen LogP) is 4.68. The number of carbonyl (C=O) groups excluding carboxylic acids is 1. The minimum absolute atomic E-state index is 0.0797. The van der Waals surface area contributed by atoms with Crippen molar-refractivity contribution < 1.29 is 9.18 Å². The van der Waals surface area contributed by atoms with Crippen LogP contribution in [0.5, 0.6) is 0 Å². The van der Waals surface area contributed by atoms with Crippen LogP contribution in [-0.2, 0) is 4.79 Å².